The second kappa shape index (κ2) is 13.0. The van der Waals surface area contributed by atoms with Crippen molar-refractivity contribution < 1.29 is 54.1 Å². The van der Waals surface area contributed by atoms with Crippen molar-refractivity contribution in [3.63, 3.8) is 0 Å². The van der Waals surface area contributed by atoms with Crippen molar-refractivity contribution in [2.75, 3.05) is 20.3 Å². The van der Waals surface area contributed by atoms with Gasteiger partial charge in [0, 0.05) is 19.6 Å². The number of methoxy groups -OCH3 is 1. The minimum atomic E-state index is -1.66. The van der Waals surface area contributed by atoms with Crippen molar-refractivity contribution in [1.82, 2.24) is 10.6 Å². The molecule has 2 heterocycles. The number of rotatable bonds is 8. The van der Waals surface area contributed by atoms with Crippen molar-refractivity contribution in [2.45, 2.75) is 94.4 Å². The van der Waals surface area contributed by atoms with Crippen LogP contribution in [0.3, 0.4) is 0 Å². The molecular weight excluding hydrogens is 516 g/mol. The Morgan fingerprint density at radius 1 is 0.872 bits per heavy atom. The maximum atomic E-state index is 13.0. The number of ether oxygens (including phenoxy) is 4. The Kier molecular flexibility index (Phi) is 10.4. The van der Waals surface area contributed by atoms with E-state index in [1.54, 1.807) is 12.1 Å². The van der Waals surface area contributed by atoms with Crippen molar-refractivity contribution in [2.24, 2.45) is 0 Å². The normalized spacial score (nSPS) is 35.3. The van der Waals surface area contributed by atoms with Crippen LogP contribution in [0.15, 0.2) is 24.3 Å². The number of carbonyl (C=O) groups is 2. The van der Waals surface area contributed by atoms with Crippen molar-refractivity contribution in [1.29, 1.82) is 0 Å². The Balaban J connectivity index is 1.80. The van der Waals surface area contributed by atoms with E-state index in [-0.39, 0.29) is 11.0 Å². The summed E-state index contributed by atoms with van der Waals surface area (Å²) in [7, 11) is 1.30. The molecule has 2 fully saturated rings. The van der Waals surface area contributed by atoms with Gasteiger partial charge in [0.15, 0.2) is 12.6 Å². The zero-order valence-corrected chi connectivity index (χ0v) is 22.7. The average Bonchev–Trinajstić information content (AvgIpc) is 2.89. The molecule has 0 bridgehead atoms. The first-order valence-electron chi connectivity index (χ1n) is 12.8. The molecule has 1 aromatic rings. The zero-order valence-electron chi connectivity index (χ0n) is 22.7. The Bertz CT molecular complexity index is 970. The highest BCUT2D eigenvalue weighted by atomic mass is 16.7. The van der Waals surface area contributed by atoms with E-state index < -0.39 is 86.3 Å². The van der Waals surface area contributed by atoms with Crippen LogP contribution in [-0.4, -0.2) is 119 Å². The van der Waals surface area contributed by atoms with Crippen LogP contribution < -0.4 is 10.6 Å². The van der Waals surface area contributed by atoms with Crippen molar-refractivity contribution >= 4 is 11.8 Å². The SMILES string of the molecule is CO[C@@H]1OC(CO)[C@@H](O[C@@H]2OC(CO)[C@H](O)C(NC(=O)c3ccc(C(C)(C)C)cc3)C2O)C(O)C1NC(C)=O. The number of hydrogen-bond acceptors (Lipinski definition) is 11. The van der Waals surface area contributed by atoms with Gasteiger partial charge in [-0.2, -0.15) is 0 Å². The summed E-state index contributed by atoms with van der Waals surface area (Å²) < 4.78 is 22.2. The van der Waals surface area contributed by atoms with Gasteiger partial charge in [0.05, 0.1) is 19.3 Å². The summed E-state index contributed by atoms with van der Waals surface area (Å²) in [5.41, 5.74) is 1.18. The van der Waals surface area contributed by atoms with E-state index in [4.69, 9.17) is 18.9 Å². The maximum Gasteiger partial charge on any atom is 0.251 e. The first kappa shape index (κ1) is 31.3. The lowest BCUT2D eigenvalue weighted by molar-refractivity contribution is -0.336. The van der Waals surface area contributed by atoms with Gasteiger partial charge < -0.3 is 55.1 Å². The van der Waals surface area contributed by atoms with Gasteiger partial charge in [-0.15, -0.1) is 0 Å². The van der Waals surface area contributed by atoms with Crippen molar-refractivity contribution in [3.05, 3.63) is 35.4 Å². The molecule has 3 rings (SSSR count). The standard InChI is InChI=1S/C26H40N2O11/c1-12(31)27-18-20(33)22(16(11-30)38-24(18)36-5)39-25-21(34)17(19(32)15(10-29)37-25)28-23(35)13-6-8-14(9-7-13)26(2,3)4/h6-9,15-22,24-25,29-30,32-34H,10-11H2,1-5H3,(H,27,31)(H,28,35)/t15?,16?,17?,18?,19-,20?,21?,22+,24+,25-/m0/s1. The highest BCUT2D eigenvalue weighted by Gasteiger charge is 2.51. The number of aliphatic hydroxyl groups excluding tert-OH is 5. The van der Waals surface area contributed by atoms with Crippen LogP contribution in [0.2, 0.25) is 0 Å². The molecule has 0 aliphatic carbocycles. The van der Waals surface area contributed by atoms with Gasteiger partial charge in [-0.3, -0.25) is 9.59 Å². The summed E-state index contributed by atoms with van der Waals surface area (Å²) in [6.07, 6.45) is -11.1. The molecule has 1 aromatic carbocycles. The number of benzene rings is 1. The van der Waals surface area contributed by atoms with E-state index in [9.17, 15) is 35.1 Å². The second-order valence-corrected chi connectivity index (χ2v) is 10.8. The molecule has 2 aliphatic heterocycles. The Morgan fingerprint density at radius 3 is 1.97 bits per heavy atom. The first-order valence-corrected chi connectivity index (χ1v) is 12.8. The summed E-state index contributed by atoms with van der Waals surface area (Å²) >= 11 is 0. The van der Waals surface area contributed by atoms with Gasteiger partial charge >= 0.3 is 0 Å². The molecule has 39 heavy (non-hydrogen) atoms. The largest absolute Gasteiger partial charge is 0.394 e. The Hall–Kier alpha value is -2.20. The van der Waals surface area contributed by atoms with Crippen LogP contribution >= 0.6 is 0 Å². The third-order valence-corrected chi connectivity index (χ3v) is 6.94. The van der Waals surface area contributed by atoms with Crippen LogP contribution in [0.1, 0.15) is 43.6 Å². The number of nitrogens with one attached hydrogen (secondary N) is 2. The molecule has 0 spiro atoms. The summed E-state index contributed by atoms with van der Waals surface area (Å²) in [5.74, 6) is -1.07. The van der Waals surface area contributed by atoms with Gasteiger partial charge in [-0.1, -0.05) is 32.9 Å². The van der Waals surface area contributed by atoms with Gasteiger partial charge in [0.1, 0.15) is 42.7 Å². The quantitative estimate of drug-likeness (QED) is 0.190. The first-order chi connectivity index (χ1) is 18.3. The van der Waals surface area contributed by atoms with Gasteiger partial charge in [0.2, 0.25) is 5.91 Å². The lowest BCUT2D eigenvalue weighted by atomic mass is 9.86. The fourth-order valence-corrected chi connectivity index (χ4v) is 4.71. The van der Waals surface area contributed by atoms with Crippen LogP contribution in [0.4, 0.5) is 0 Å². The summed E-state index contributed by atoms with van der Waals surface area (Å²) in [6.45, 7) is 6.06. The van der Waals surface area contributed by atoms with E-state index in [2.05, 4.69) is 10.6 Å². The molecule has 0 saturated carbocycles. The number of carbonyl (C=O) groups excluding carboxylic acids is 2. The Labute approximate surface area is 227 Å². The molecule has 13 heteroatoms. The molecule has 2 saturated heterocycles. The Morgan fingerprint density at radius 2 is 1.46 bits per heavy atom. The van der Waals surface area contributed by atoms with Crippen molar-refractivity contribution in [3.8, 4) is 0 Å². The lowest BCUT2D eigenvalue weighted by Gasteiger charge is -2.47. The van der Waals surface area contributed by atoms with E-state index in [1.165, 1.54) is 14.0 Å². The predicted octanol–water partition coefficient (Wildman–Crippen LogP) is -1.86. The molecule has 13 nitrogen and oxygen atoms in total. The number of hydrogen-bond donors (Lipinski definition) is 7. The lowest BCUT2D eigenvalue weighted by Crippen LogP contribution is -2.69. The molecule has 7 N–H and O–H groups in total. The van der Waals surface area contributed by atoms with Crippen LogP contribution in [0.5, 0.6) is 0 Å². The zero-order chi connectivity index (χ0) is 29.1. The van der Waals surface area contributed by atoms with E-state index in [1.807, 2.05) is 32.9 Å². The highest BCUT2D eigenvalue weighted by molar-refractivity contribution is 5.94. The fourth-order valence-electron chi connectivity index (χ4n) is 4.71. The van der Waals surface area contributed by atoms with Gasteiger partial charge in [0.25, 0.3) is 5.91 Å². The van der Waals surface area contributed by atoms with E-state index in [0.29, 0.717) is 0 Å². The highest BCUT2D eigenvalue weighted by Crippen LogP contribution is 2.30. The van der Waals surface area contributed by atoms with Gasteiger partial charge in [-0.25, -0.2) is 0 Å². The molecule has 6 unspecified atom stereocenters. The monoisotopic (exact) mass is 556 g/mol. The van der Waals surface area contributed by atoms with Crippen LogP contribution in [0.25, 0.3) is 0 Å². The third-order valence-electron chi connectivity index (χ3n) is 6.94. The number of aliphatic hydroxyl groups is 5. The van der Waals surface area contributed by atoms with E-state index in [0.717, 1.165) is 5.56 Å². The molecule has 2 aliphatic rings. The molecule has 220 valence electrons. The van der Waals surface area contributed by atoms with Crippen LogP contribution in [0, 0.1) is 0 Å². The summed E-state index contributed by atoms with van der Waals surface area (Å²) in [4.78, 5) is 24.7. The summed E-state index contributed by atoms with van der Waals surface area (Å²) in [5, 5.41) is 57.5. The minimum Gasteiger partial charge on any atom is -0.394 e. The van der Waals surface area contributed by atoms with Gasteiger partial charge in [-0.05, 0) is 23.1 Å². The fraction of sp³-hybridized carbons (Fsp3) is 0.692. The minimum absolute atomic E-state index is 0.122. The average molecular weight is 557 g/mol. The smallest absolute Gasteiger partial charge is 0.251 e. The topological polar surface area (TPSA) is 196 Å². The second-order valence-electron chi connectivity index (χ2n) is 10.8. The molecule has 0 radical (unpaired) electrons. The molecule has 10 atom stereocenters. The third kappa shape index (κ3) is 7.12. The maximum absolute atomic E-state index is 13.0. The predicted molar refractivity (Wildman–Crippen MR) is 135 cm³/mol. The van der Waals surface area contributed by atoms with E-state index >= 15 is 0 Å². The molecule has 0 aromatic heterocycles. The van der Waals surface area contributed by atoms with Crippen LogP contribution in [-0.2, 0) is 29.2 Å². The molecular formula is C26H40N2O11. The molecule has 2 amide bonds. The number of amides is 2. The summed E-state index contributed by atoms with van der Waals surface area (Å²) in [6, 6.07) is 4.46.